The van der Waals surface area contributed by atoms with Crippen LogP contribution in [0.1, 0.15) is 42.4 Å². The van der Waals surface area contributed by atoms with Gasteiger partial charge in [0.1, 0.15) is 0 Å². The number of carbonyl (C=O) groups is 1. The van der Waals surface area contributed by atoms with Crippen LogP contribution in [-0.2, 0) is 23.1 Å². The van der Waals surface area contributed by atoms with Crippen LogP contribution in [0.3, 0.4) is 0 Å². The third-order valence-corrected chi connectivity index (χ3v) is 4.83. The summed E-state index contributed by atoms with van der Waals surface area (Å²) in [5.74, 6) is -0.667. The molecule has 0 aliphatic heterocycles. The summed E-state index contributed by atoms with van der Waals surface area (Å²) >= 11 is 3.61. The van der Waals surface area contributed by atoms with E-state index >= 15 is 0 Å². The highest BCUT2D eigenvalue weighted by molar-refractivity contribution is 9.10. The number of hydrogen-bond donors (Lipinski definition) is 1. The van der Waals surface area contributed by atoms with Gasteiger partial charge < -0.3 is 5.11 Å². The molecule has 90 valence electrons. The topological polar surface area (TPSA) is 37.3 Å². The van der Waals surface area contributed by atoms with E-state index in [-0.39, 0.29) is 0 Å². The van der Waals surface area contributed by atoms with Crippen LogP contribution in [-0.4, -0.2) is 11.1 Å². The molecule has 0 aromatic heterocycles. The summed E-state index contributed by atoms with van der Waals surface area (Å²) < 4.78 is 1.11. The number of benzene rings is 1. The van der Waals surface area contributed by atoms with Gasteiger partial charge in [-0.2, -0.15) is 0 Å². The smallest absolute Gasteiger partial charge is 0.314 e. The maximum atomic E-state index is 11.3. The number of aryl methyl sites for hydroxylation is 1. The number of aliphatic carboxylic acids is 1. The number of halogens is 1. The lowest BCUT2D eigenvalue weighted by Crippen LogP contribution is -2.20. The zero-order valence-corrected chi connectivity index (χ0v) is 11.2. The zero-order valence-electron chi connectivity index (χ0n) is 9.63. The Morgan fingerprint density at radius 1 is 1.24 bits per heavy atom. The highest BCUT2D eigenvalue weighted by Gasteiger charge is 2.52. The largest absolute Gasteiger partial charge is 0.481 e. The number of rotatable bonds is 2. The van der Waals surface area contributed by atoms with Gasteiger partial charge in [-0.25, -0.2) is 0 Å². The van der Waals surface area contributed by atoms with Crippen LogP contribution >= 0.6 is 15.9 Å². The molecule has 0 heterocycles. The predicted molar refractivity (Wildman–Crippen MR) is 69.3 cm³/mol. The van der Waals surface area contributed by atoms with E-state index in [2.05, 4.69) is 22.0 Å². The fourth-order valence-corrected chi connectivity index (χ4v) is 3.54. The summed E-state index contributed by atoms with van der Waals surface area (Å²) in [7, 11) is 0. The van der Waals surface area contributed by atoms with E-state index in [1.807, 2.05) is 6.07 Å². The lowest BCUT2D eigenvalue weighted by Gasteiger charge is -2.20. The van der Waals surface area contributed by atoms with Gasteiger partial charge >= 0.3 is 5.97 Å². The van der Waals surface area contributed by atoms with Crippen molar-refractivity contribution in [2.24, 2.45) is 0 Å². The van der Waals surface area contributed by atoms with Gasteiger partial charge in [0.2, 0.25) is 0 Å². The van der Waals surface area contributed by atoms with Crippen LogP contribution in [0, 0.1) is 0 Å². The normalized spacial score (nSPS) is 20.8. The van der Waals surface area contributed by atoms with E-state index in [4.69, 9.17) is 0 Å². The van der Waals surface area contributed by atoms with E-state index in [9.17, 15) is 9.90 Å². The van der Waals surface area contributed by atoms with Gasteiger partial charge in [0.15, 0.2) is 0 Å². The Labute approximate surface area is 109 Å². The zero-order chi connectivity index (χ0) is 12.0. The average Bonchev–Trinajstić information content (AvgIpc) is 3.10. The van der Waals surface area contributed by atoms with Gasteiger partial charge in [-0.15, -0.1) is 0 Å². The molecule has 3 heteroatoms. The minimum Gasteiger partial charge on any atom is -0.481 e. The monoisotopic (exact) mass is 294 g/mol. The minimum atomic E-state index is -0.667. The van der Waals surface area contributed by atoms with Crippen LogP contribution in [0.4, 0.5) is 0 Å². The fraction of sp³-hybridized carbons (Fsp3) is 0.500. The molecule has 2 aliphatic carbocycles. The third-order valence-electron chi connectivity index (χ3n) is 4.12. The highest BCUT2D eigenvalue weighted by atomic mass is 79.9. The Balaban J connectivity index is 2.08. The SMILES string of the molecule is O=C(O)C1(c2cc(Br)c3c(c2)CCCC3)CC1. The second kappa shape index (κ2) is 3.84. The number of fused-ring (bicyclic) bond motifs is 1. The molecule has 0 saturated heterocycles. The second-order valence-electron chi connectivity index (χ2n) is 5.19. The summed E-state index contributed by atoms with van der Waals surface area (Å²) in [5, 5.41) is 9.34. The van der Waals surface area contributed by atoms with E-state index in [1.165, 1.54) is 24.0 Å². The van der Waals surface area contributed by atoms with E-state index in [0.717, 1.165) is 35.7 Å². The average molecular weight is 295 g/mol. The Bertz CT molecular complexity index is 489. The van der Waals surface area contributed by atoms with Crippen molar-refractivity contribution < 1.29 is 9.90 Å². The predicted octanol–water partition coefficient (Wildman–Crippen LogP) is 3.44. The van der Waals surface area contributed by atoms with Gasteiger partial charge in [0.25, 0.3) is 0 Å². The first-order valence-corrected chi connectivity index (χ1v) is 6.98. The molecule has 0 atom stereocenters. The lowest BCUT2D eigenvalue weighted by molar-refractivity contribution is -0.140. The van der Waals surface area contributed by atoms with Crippen molar-refractivity contribution in [3.05, 3.63) is 33.3 Å². The summed E-state index contributed by atoms with van der Waals surface area (Å²) in [6, 6.07) is 4.17. The summed E-state index contributed by atoms with van der Waals surface area (Å²) in [6.45, 7) is 0. The van der Waals surface area contributed by atoms with Gasteiger partial charge in [0, 0.05) is 4.47 Å². The van der Waals surface area contributed by atoms with Crippen LogP contribution in [0.25, 0.3) is 0 Å². The Morgan fingerprint density at radius 2 is 1.94 bits per heavy atom. The second-order valence-corrected chi connectivity index (χ2v) is 6.04. The molecule has 1 saturated carbocycles. The molecule has 1 N–H and O–H groups in total. The number of hydrogen-bond acceptors (Lipinski definition) is 1. The van der Waals surface area contributed by atoms with E-state index in [1.54, 1.807) is 0 Å². The molecule has 3 rings (SSSR count). The third kappa shape index (κ3) is 1.71. The van der Waals surface area contributed by atoms with Crippen LogP contribution in [0.5, 0.6) is 0 Å². The maximum absolute atomic E-state index is 11.3. The van der Waals surface area contributed by atoms with Crippen LogP contribution < -0.4 is 0 Å². The van der Waals surface area contributed by atoms with Crippen molar-refractivity contribution in [2.75, 3.05) is 0 Å². The van der Waals surface area contributed by atoms with E-state index < -0.39 is 11.4 Å². The maximum Gasteiger partial charge on any atom is 0.314 e. The van der Waals surface area contributed by atoms with Crippen molar-refractivity contribution >= 4 is 21.9 Å². The molecule has 1 aromatic rings. The van der Waals surface area contributed by atoms with E-state index in [0.29, 0.717) is 0 Å². The van der Waals surface area contributed by atoms with Crippen molar-refractivity contribution in [1.82, 2.24) is 0 Å². The summed E-state index contributed by atoms with van der Waals surface area (Å²) in [5.41, 5.74) is 3.17. The minimum absolute atomic E-state index is 0.574. The summed E-state index contributed by atoms with van der Waals surface area (Å²) in [4.78, 5) is 11.3. The molecule has 0 unspecified atom stereocenters. The van der Waals surface area contributed by atoms with Crippen molar-refractivity contribution in [3.8, 4) is 0 Å². The first-order chi connectivity index (χ1) is 8.13. The number of carboxylic acid groups (broad SMARTS) is 1. The molecular formula is C14H15BrO2. The first-order valence-electron chi connectivity index (χ1n) is 6.19. The quantitative estimate of drug-likeness (QED) is 0.907. The Morgan fingerprint density at radius 3 is 2.59 bits per heavy atom. The van der Waals surface area contributed by atoms with Gasteiger partial charge in [-0.3, -0.25) is 4.79 Å². The molecule has 0 amide bonds. The first kappa shape index (κ1) is 11.3. The lowest BCUT2D eigenvalue weighted by atomic mass is 9.86. The Hall–Kier alpha value is -0.830. The van der Waals surface area contributed by atoms with Gasteiger partial charge in [0.05, 0.1) is 5.41 Å². The van der Waals surface area contributed by atoms with Gasteiger partial charge in [-0.1, -0.05) is 22.0 Å². The molecule has 2 aliphatic rings. The molecular weight excluding hydrogens is 280 g/mol. The standard InChI is InChI=1S/C14H15BrO2/c15-12-8-10(14(5-6-14)13(16)17)7-9-3-1-2-4-11(9)12/h7-8H,1-6H2,(H,16,17). The molecule has 17 heavy (non-hydrogen) atoms. The summed E-state index contributed by atoms with van der Waals surface area (Å²) in [6.07, 6.45) is 6.26. The van der Waals surface area contributed by atoms with Gasteiger partial charge in [-0.05, 0) is 61.3 Å². The molecule has 2 nitrogen and oxygen atoms in total. The van der Waals surface area contributed by atoms with Crippen LogP contribution in [0.2, 0.25) is 0 Å². The van der Waals surface area contributed by atoms with Crippen molar-refractivity contribution in [1.29, 1.82) is 0 Å². The van der Waals surface area contributed by atoms with Crippen molar-refractivity contribution in [2.45, 2.75) is 43.9 Å². The Kier molecular flexibility index (Phi) is 2.54. The number of carboxylic acids is 1. The highest BCUT2D eigenvalue weighted by Crippen LogP contribution is 2.50. The molecule has 1 aromatic carbocycles. The molecule has 0 bridgehead atoms. The van der Waals surface area contributed by atoms with Crippen molar-refractivity contribution in [3.63, 3.8) is 0 Å². The van der Waals surface area contributed by atoms with Crippen LogP contribution in [0.15, 0.2) is 16.6 Å². The fourth-order valence-electron chi connectivity index (χ4n) is 2.84. The molecule has 1 fully saturated rings. The molecule has 0 radical (unpaired) electrons. The molecule has 0 spiro atoms.